The number of benzene rings is 2. The molecule has 3 aromatic rings. The Bertz CT molecular complexity index is 1380. The third kappa shape index (κ3) is 4.55. The highest BCUT2D eigenvalue weighted by atomic mass is 32.2. The summed E-state index contributed by atoms with van der Waals surface area (Å²) in [6, 6.07) is 19.2. The van der Waals surface area contributed by atoms with Gasteiger partial charge in [-0.05, 0) is 84.2 Å². The second-order valence-electron chi connectivity index (χ2n) is 10.1. The van der Waals surface area contributed by atoms with E-state index < -0.39 is 10.0 Å². The molecule has 2 heterocycles. The average Bonchev–Trinajstić information content (AvgIpc) is 3.53. The number of hydrogen-bond acceptors (Lipinski definition) is 5. The van der Waals surface area contributed by atoms with Crippen LogP contribution in [0.1, 0.15) is 34.7 Å². The first-order chi connectivity index (χ1) is 16.8. The average molecular weight is 490 g/mol. The summed E-state index contributed by atoms with van der Waals surface area (Å²) in [5.74, 6) is 3.55. The fourth-order valence-corrected chi connectivity index (χ4v) is 6.45. The van der Waals surface area contributed by atoms with Gasteiger partial charge in [0.2, 0.25) is 10.0 Å². The van der Waals surface area contributed by atoms with E-state index in [9.17, 15) is 8.42 Å². The van der Waals surface area contributed by atoms with Crippen molar-refractivity contribution in [3.05, 3.63) is 77.0 Å². The molecule has 1 aromatic heterocycles. The Labute approximate surface area is 207 Å². The van der Waals surface area contributed by atoms with E-state index in [1.165, 1.54) is 34.5 Å². The van der Waals surface area contributed by atoms with Crippen LogP contribution in [0.5, 0.6) is 5.75 Å². The summed E-state index contributed by atoms with van der Waals surface area (Å²) >= 11 is 0. The van der Waals surface area contributed by atoms with Crippen LogP contribution in [0.3, 0.4) is 0 Å². The summed E-state index contributed by atoms with van der Waals surface area (Å²) in [5, 5.41) is 0. The van der Waals surface area contributed by atoms with E-state index in [-0.39, 0.29) is 0 Å². The van der Waals surface area contributed by atoms with Gasteiger partial charge in [-0.25, -0.2) is 13.4 Å². The molecule has 2 aliphatic carbocycles. The van der Waals surface area contributed by atoms with E-state index in [4.69, 9.17) is 9.72 Å². The standard InChI is InChI=1S/C28H31N3O3S/c1-19-25(8-9-28(29-19)30-10-12-31(13-11-30)35(2,32)33)21-5-3-4-20(14-21)18-34-24-6-7-26-22(16-24)15-23-17-27(23)26/h3-9,14,16,23,27H,10-13,15,17-18H2,1-2H3. The zero-order chi connectivity index (χ0) is 24.2. The lowest BCUT2D eigenvalue weighted by Gasteiger charge is -2.34. The Morgan fingerprint density at radius 3 is 2.63 bits per heavy atom. The Morgan fingerprint density at radius 1 is 1.03 bits per heavy atom. The van der Waals surface area contributed by atoms with Gasteiger partial charge in [0.05, 0.1) is 6.26 Å². The predicted octanol–water partition coefficient (Wildman–Crippen LogP) is 4.38. The highest BCUT2D eigenvalue weighted by Gasteiger charge is 2.44. The Hall–Kier alpha value is -2.90. The Balaban J connectivity index is 1.13. The maximum absolute atomic E-state index is 11.8. The molecule has 2 fully saturated rings. The molecule has 0 spiro atoms. The maximum Gasteiger partial charge on any atom is 0.211 e. The Kier molecular flexibility index (Phi) is 5.57. The molecule has 182 valence electrons. The molecule has 0 amide bonds. The van der Waals surface area contributed by atoms with Gasteiger partial charge < -0.3 is 9.64 Å². The van der Waals surface area contributed by atoms with Crippen molar-refractivity contribution in [3.63, 3.8) is 0 Å². The van der Waals surface area contributed by atoms with Crippen molar-refractivity contribution in [1.29, 1.82) is 0 Å². The third-order valence-corrected chi connectivity index (χ3v) is 8.97. The largest absolute Gasteiger partial charge is 0.489 e. The SMILES string of the molecule is Cc1nc(N2CCN(S(C)(=O)=O)CC2)ccc1-c1cccc(COc2ccc3c(c2)CC2CC32)c1. The minimum absolute atomic E-state index is 0.495. The van der Waals surface area contributed by atoms with Crippen LogP contribution in [0.4, 0.5) is 5.82 Å². The zero-order valence-corrected chi connectivity index (χ0v) is 21.1. The summed E-state index contributed by atoms with van der Waals surface area (Å²) in [4.78, 5) is 7.01. The van der Waals surface area contributed by atoms with Gasteiger partial charge >= 0.3 is 0 Å². The lowest BCUT2D eigenvalue weighted by molar-refractivity contribution is 0.306. The molecule has 3 aliphatic rings. The number of pyridine rings is 1. The van der Waals surface area contributed by atoms with Gasteiger partial charge in [0.15, 0.2) is 0 Å². The van der Waals surface area contributed by atoms with Crippen molar-refractivity contribution < 1.29 is 13.2 Å². The monoisotopic (exact) mass is 489 g/mol. The van der Waals surface area contributed by atoms with Crippen molar-refractivity contribution >= 4 is 15.8 Å². The normalized spacial score (nSPS) is 21.5. The van der Waals surface area contributed by atoms with Crippen molar-refractivity contribution in [1.82, 2.24) is 9.29 Å². The number of anilines is 1. The van der Waals surface area contributed by atoms with Crippen molar-refractivity contribution in [2.24, 2.45) is 5.92 Å². The Morgan fingerprint density at radius 2 is 1.86 bits per heavy atom. The molecular formula is C28H31N3O3S. The third-order valence-electron chi connectivity index (χ3n) is 7.66. The number of hydrogen-bond donors (Lipinski definition) is 0. The van der Waals surface area contributed by atoms with E-state index >= 15 is 0 Å². The van der Waals surface area contributed by atoms with Crippen LogP contribution in [-0.4, -0.2) is 50.1 Å². The van der Waals surface area contributed by atoms with Gasteiger partial charge in [-0.15, -0.1) is 0 Å². The van der Waals surface area contributed by atoms with Crippen LogP contribution in [0.25, 0.3) is 11.1 Å². The fourth-order valence-electron chi connectivity index (χ4n) is 5.62. The first kappa shape index (κ1) is 22.6. The molecule has 2 aromatic carbocycles. The smallest absolute Gasteiger partial charge is 0.211 e. The topological polar surface area (TPSA) is 62.7 Å². The molecule has 1 saturated heterocycles. The molecule has 6 rings (SSSR count). The number of piperazine rings is 1. The highest BCUT2D eigenvalue weighted by Crippen LogP contribution is 2.56. The fraction of sp³-hybridized carbons (Fsp3) is 0.393. The van der Waals surface area contributed by atoms with Crippen molar-refractivity contribution in [2.45, 2.75) is 32.3 Å². The predicted molar refractivity (Wildman–Crippen MR) is 138 cm³/mol. The minimum Gasteiger partial charge on any atom is -0.489 e. The van der Waals surface area contributed by atoms with E-state index in [0.29, 0.717) is 32.8 Å². The molecular weight excluding hydrogens is 458 g/mol. The van der Waals surface area contributed by atoms with E-state index in [0.717, 1.165) is 45.8 Å². The molecule has 1 aliphatic heterocycles. The number of aryl methyl sites for hydroxylation is 1. The van der Waals surface area contributed by atoms with Gasteiger partial charge in [0, 0.05) is 37.4 Å². The summed E-state index contributed by atoms with van der Waals surface area (Å²) in [6.07, 6.45) is 3.85. The van der Waals surface area contributed by atoms with Crippen LogP contribution in [-0.2, 0) is 23.1 Å². The van der Waals surface area contributed by atoms with Gasteiger partial charge in [0.1, 0.15) is 18.2 Å². The number of fused-ring (bicyclic) bond motifs is 3. The number of rotatable bonds is 6. The summed E-state index contributed by atoms with van der Waals surface area (Å²) < 4.78 is 31.2. The van der Waals surface area contributed by atoms with Crippen molar-refractivity contribution in [3.8, 4) is 16.9 Å². The van der Waals surface area contributed by atoms with Gasteiger partial charge in [-0.2, -0.15) is 4.31 Å². The van der Waals surface area contributed by atoms with Crippen LogP contribution < -0.4 is 9.64 Å². The van der Waals surface area contributed by atoms with Gasteiger partial charge in [0.25, 0.3) is 0 Å². The first-order valence-electron chi connectivity index (χ1n) is 12.4. The van der Waals surface area contributed by atoms with E-state index in [1.807, 2.05) is 13.0 Å². The lowest BCUT2D eigenvalue weighted by Crippen LogP contribution is -2.48. The van der Waals surface area contributed by atoms with E-state index in [1.54, 1.807) is 0 Å². The second kappa shape index (κ2) is 8.64. The minimum atomic E-state index is -3.14. The molecule has 2 unspecified atom stereocenters. The first-order valence-corrected chi connectivity index (χ1v) is 14.2. The number of aromatic nitrogens is 1. The molecule has 0 N–H and O–H groups in total. The molecule has 6 nitrogen and oxygen atoms in total. The van der Waals surface area contributed by atoms with Crippen molar-refractivity contribution in [2.75, 3.05) is 37.3 Å². The number of nitrogens with zero attached hydrogens (tertiary/aromatic N) is 3. The summed E-state index contributed by atoms with van der Waals surface area (Å²) in [7, 11) is -3.14. The van der Waals surface area contributed by atoms with Crippen LogP contribution in [0.15, 0.2) is 54.6 Å². The van der Waals surface area contributed by atoms with Gasteiger partial charge in [-0.3, -0.25) is 0 Å². The molecule has 35 heavy (non-hydrogen) atoms. The molecule has 0 bridgehead atoms. The van der Waals surface area contributed by atoms with E-state index in [2.05, 4.69) is 53.4 Å². The van der Waals surface area contributed by atoms with Gasteiger partial charge in [-0.1, -0.05) is 24.3 Å². The maximum atomic E-state index is 11.8. The summed E-state index contributed by atoms with van der Waals surface area (Å²) in [5.41, 5.74) is 7.32. The summed E-state index contributed by atoms with van der Waals surface area (Å²) in [6.45, 7) is 4.85. The molecule has 7 heteroatoms. The number of ether oxygens (including phenoxy) is 1. The highest BCUT2D eigenvalue weighted by molar-refractivity contribution is 7.88. The van der Waals surface area contributed by atoms with Crippen LogP contribution in [0.2, 0.25) is 0 Å². The second-order valence-corrected chi connectivity index (χ2v) is 12.1. The van der Waals surface area contributed by atoms with Crippen LogP contribution >= 0.6 is 0 Å². The molecule has 2 atom stereocenters. The quantitative estimate of drug-likeness (QED) is 0.514. The zero-order valence-electron chi connectivity index (χ0n) is 20.3. The lowest BCUT2D eigenvalue weighted by atomic mass is 10.0. The molecule has 1 saturated carbocycles. The molecule has 0 radical (unpaired) electrons. The van der Waals surface area contributed by atoms with Crippen LogP contribution in [0, 0.1) is 12.8 Å². The number of sulfonamides is 1.